The molecule has 2 aromatic heterocycles. The Morgan fingerprint density at radius 1 is 0.577 bits per heavy atom. The first kappa shape index (κ1) is 14.1. The number of H-pyrrole nitrogens is 1. The Bertz CT molecular complexity index is 1420. The fourth-order valence-corrected chi connectivity index (χ4v) is 5.22. The Labute approximate surface area is 154 Å². The Morgan fingerprint density at radius 3 is 2.35 bits per heavy atom. The molecule has 0 aliphatic heterocycles. The van der Waals surface area contributed by atoms with Crippen LogP contribution in [0.15, 0.2) is 84.9 Å². The Morgan fingerprint density at radius 2 is 1.42 bits per heavy atom. The second kappa shape index (κ2) is 5.20. The molecule has 122 valence electrons. The third-order valence-corrected chi connectivity index (χ3v) is 6.42. The maximum absolute atomic E-state index is 3.56. The highest BCUT2D eigenvalue weighted by Gasteiger charge is 2.13. The van der Waals surface area contributed by atoms with Gasteiger partial charge in [0.1, 0.15) is 0 Å². The van der Waals surface area contributed by atoms with Crippen molar-refractivity contribution in [2.45, 2.75) is 0 Å². The van der Waals surface area contributed by atoms with E-state index in [1.54, 1.807) is 0 Å². The summed E-state index contributed by atoms with van der Waals surface area (Å²) in [5, 5.41) is 5.35. The number of thiophene rings is 1. The summed E-state index contributed by atoms with van der Waals surface area (Å²) >= 11 is 1.89. The Balaban J connectivity index is 1.73. The molecule has 0 aliphatic carbocycles. The van der Waals surface area contributed by atoms with Crippen molar-refractivity contribution >= 4 is 53.3 Å². The first-order chi connectivity index (χ1) is 12.9. The van der Waals surface area contributed by atoms with Gasteiger partial charge in [-0.3, -0.25) is 0 Å². The number of rotatable bonds is 1. The van der Waals surface area contributed by atoms with E-state index in [4.69, 9.17) is 0 Å². The fourth-order valence-electron chi connectivity index (χ4n) is 3.98. The molecule has 0 aliphatic rings. The lowest BCUT2D eigenvalue weighted by atomic mass is 10.0. The highest BCUT2D eigenvalue weighted by molar-refractivity contribution is 7.26. The number of aromatic amines is 1. The second-order valence-corrected chi connectivity index (χ2v) is 7.77. The fraction of sp³-hybridized carbons (Fsp3) is 0. The van der Waals surface area contributed by atoms with E-state index in [2.05, 4.69) is 89.9 Å². The third kappa shape index (κ3) is 1.91. The van der Waals surface area contributed by atoms with Gasteiger partial charge < -0.3 is 4.98 Å². The van der Waals surface area contributed by atoms with Crippen molar-refractivity contribution in [2.24, 2.45) is 0 Å². The summed E-state index contributed by atoms with van der Waals surface area (Å²) in [6.07, 6.45) is 0. The lowest BCUT2D eigenvalue weighted by Crippen LogP contribution is -1.76. The van der Waals surface area contributed by atoms with Gasteiger partial charge in [-0.05, 0) is 35.4 Å². The minimum Gasteiger partial charge on any atom is -0.354 e. The van der Waals surface area contributed by atoms with Crippen LogP contribution in [0, 0.1) is 0 Å². The molecule has 0 saturated heterocycles. The molecule has 2 heterocycles. The minimum atomic E-state index is 1.21. The van der Waals surface area contributed by atoms with Crippen molar-refractivity contribution in [3.8, 4) is 11.1 Å². The molecule has 4 aromatic carbocycles. The molecule has 0 bridgehead atoms. The van der Waals surface area contributed by atoms with Crippen LogP contribution in [0.5, 0.6) is 0 Å². The molecular weight excluding hydrogens is 334 g/mol. The summed E-state index contributed by atoms with van der Waals surface area (Å²) in [4.78, 5) is 3.56. The van der Waals surface area contributed by atoms with Gasteiger partial charge in [0.15, 0.2) is 0 Å². The van der Waals surface area contributed by atoms with Gasteiger partial charge in [0.2, 0.25) is 0 Å². The van der Waals surface area contributed by atoms with Crippen LogP contribution >= 0.6 is 11.3 Å². The summed E-state index contributed by atoms with van der Waals surface area (Å²) in [6, 6.07) is 30.5. The average molecular weight is 349 g/mol. The summed E-state index contributed by atoms with van der Waals surface area (Å²) in [5.74, 6) is 0. The van der Waals surface area contributed by atoms with Crippen LogP contribution < -0.4 is 0 Å². The summed E-state index contributed by atoms with van der Waals surface area (Å²) in [5.41, 5.74) is 4.96. The van der Waals surface area contributed by atoms with Crippen LogP contribution in [-0.4, -0.2) is 4.98 Å². The molecule has 0 amide bonds. The second-order valence-electron chi connectivity index (χ2n) is 6.71. The summed E-state index contributed by atoms with van der Waals surface area (Å²) in [7, 11) is 0. The van der Waals surface area contributed by atoms with E-state index in [0.29, 0.717) is 0 Å². The molecule has 0 atom stereocenters. The van der Waals surface area contributed by atoms with E-state index in [1.165, 1.54) is 53.1 Å². The standard InChI is InChI=1S/C24H15NS/c1-2-6-15(7-3-1)16-10-13-22-19(14-16)17-11-12-21-23(24(17)26-22)18-8-4-5-9-20(18)25-21/h1-14,25H. The van der Waals surface area contributed by atoms with Gasteiger partial charge in [0.05, 0.1) is 0 Å². The van der Waals surface area contributed by atoms with Crippen LogP contribution in [0.4, 0.5) is 0 Å². The van der Waals surface area contributed by atoms with Gasteiger partial charge in [-0.1, -0.05) is 60.7 Å². The van der Waals surface area contributed by atoms with Crippen LogP contribution in [0.2, 0.25) is 0 Å². The van der Waals surface area contributed by atoms with Crippen LogP contribution in [-0.2, 0) is 0 Å². The van der Waals surface area contributed by atoms with Crippen LogP contribution in [0.3, 0.4) is 0 Å². The zero-order valence-electron chi connectivity index (χ0n) is 14.0. The molecule has 0 saturated carbocycles. The predicted molar refractivity (Wildman–Crippen MR) is 114 cm³/mol. The quantitative estimate of drug-likeness (QED) is 0.319. The summed E-state index contributed by atoms with van der Waals surface area (Å²) in [6.45, 7) is 0. The molecule has 2 heteroatoms. The van der Waals surface area contributed by atoms with E-state index in [9.17, 15) is 0 Å². The molecule has 6 rings (SSSR count). The molecule has 0 radical (unpaired) electrons. The maximum Gasteiger partial charge on any atom is 0.0479 e. The first-order valence-corrected chi connectivity index (χ1v) is 9.61. The minimum absolute atomic E-state index is 1.21. The first-order valence-electron chi connectivity index (χ1n) is 8.79. The molecular formula is C24H15NS. The number of aromatic nitrogens is 1. The maximum atomic E-state index is 3.56. The highest BCUT2D eigenvalue weighted by atomic mass is 32.1. The number of hydrogen-bond acceptors (Lipinski definition) is 1. The number of nitrogens with one attached hydrogen (secondary N) is 1. The Hall–Kier alpha value is -3.10. The van der Waals surface area contributed by atoms with Crippen molar-refractivity contribution in [1.82, 2.24) is 4.98 Å². The predicted octanol–water partition coefficient (Wildman–Crippen LogP) is 7.36. The molecule has 0 unspecified atom stereocenters. The number of hydrogen-bond donors (Lipinski definition) is 1. The Kier molecular flexibility index (Phi) is 2.82. The van der Waals surface area contributed by atoms with Crippen molar-refractivity contribution in [2.75, 3.05) is 0 Å². The average Bonchev–Trinajstić information content (AvgIpc) is 3.26. The molecule has 0 fully saturated rings. The van der Waals surface area contributed by atoms with Crippen LogP contribution in [0.1, 0.15) is 0 Å². The highest BCUT2D eigenvalue weighted by Crippen LogP contribution is 2.42. The van der Waals surface area contributed by atoms with Gasteiger partial charge in [0, 0.05) is 42.0 Å². The van der Waals surface area contributed by atoms with Crippen LogP contribution in [0.25, 0.3) is 53.1 Å². The van der Waals surface area contributed by atoms with E-state index >= 15 is 0 Å². The van der Waals surface area contributed by atoms with Crippen molar-refractivity contribution < 1.29 is 0 Å². The summed E-state index contributed by atoms with van der Waals surface area (Å²) < 4.78 is 2.72. The topological polar surface area (TPSA) is 15.8 Å². The number of fused-ring (bicyclic) bond motifs is 7. The molecule has 6 aromatic rings. The molecule has 1 N–H and O–H groups in total. The lowest BCUT2D eigenvalue weighted by molar-refractivity contribution is 1.55. The molecule has 1 nitrogen and oxygen atoms in total. The monoisotopic (exact) mass is 349 g/mol. The van der Waals surface area contributed by atoms with Gasteiger partial charge >= 0.3 is 0 Å². The van der Waals surface area contributed by atoms with Gasteiger partial charge in [-0.25, -0.2) is 0 Å². The van der Waals surface area contributed by atoms with Gasteiger partial charge in [-0.15, -0.1) is 11.3 Å². The van der Waals surface area contributed by atoms with E-state index in [1.807, 2.05) is 11.3 Å². The number of para-hydroxylation sites is 1. The van der Waals surface area contributed by atoms with E-state index < -0.39 is 0 Å². The van der Waals surface area contributed by atoms with E-state index in [0.717, 1.165) is 0 Å². The smallest absolute Gasteiger partial charge is 0.0479 e. The van der Waals surface area contributed by atoms with Gasteiger partial charge in [0.25, 0.3) is 0 Å². The zero-order chi connectivity index (χ0) is 17.1. The van der Waals surface area contributed by atoms with Crippen molar-refractivity contribution in [1.29, 1.82) is 0 Å². The SMILES string of the molecule is c1ccc(-c2ccc3sc4c(ccc5[nH]c6ccccc6c54)c3c2)cc1. The van der Waals surface area contributed by atoms with Crippen molar-refractivity contribution in [3.05, 3.63) is 84.9 Å². The third-order valence-electron chi connectivity index (χ3n) is 5.21. The van der Waals surface area contributed by atoms with Crippen molar-refractivity contribution in [3.63, 3.8) is 0 Å². The largest absolute Gasteiger partial charge is 0.354 e. The zero-order valence-corrected chi connectivity index (χ0v) is 14.8. The molecule has 0 spiro atoms. The number of benzene rings is 4. The molecule has 26 heavy (non-hydrogen) atoms. The normalized spacial score (nSPS) is 11.8. The van der Waals surface area contributed by atoms with Gasteiger partial charge in [-0.2, -0.15) is 0 Å². The lowest BCUT2D eigenvalue weighted by Gasteiger charge is -2.01. The van der Waals surface area contributed by atoms with E-state index in [-0.39, 0.29) is 0 Å².